The van der Waals surface area contributed by atoms with Crippen LogP contribution < -0.4 is 0 Å². The lowest BCUT2D eigenvalue weighted by atomic mass is 9.75. The van der Waals surface area contributed by atoms with Gasteiger partial charge in [0.15, 0.2) is 0 Å². The molecule has 5 unspecified atom stereocenters. The molecule has 4 nitrogen and oxygen atoms in total. The van der Waals surface area contributed by atoms with E-state index >= 15 is 0 Å². The van der Waals surface area contributed by atoms with Gasteiger partial charge in [0.2, 0.25) is 0 Å². The molecule has 0 spiro atoms. The van der Waals surface area contributed by atoms with Gasteiger partial charge >= 0.3 is 11.9 Å². The average Bonchev–Trinajstić information content (AvgIpc) is 2.76. The molecule has 2 bridgehead atoms. The average molecular weight is 262 g/mol. The van der Waals surface area contributed by atoms with Crippen molar-refractivity contribution in [3.63, 3.8) is 0 Å². The van der Waals surface area contributed by atoms with Crippen LogP contribution in [0.3, 0.4) is 0 Å². The van der Waals surface area contributed by atoms with E-state index in [0.717, 1.165) is 25.7 Å². The third-order valence-electron chi connectivity index (χ3n) is 5.48. The normalized spacial score (nSPS) is 44.1. The molecule has 0 N–H and O–H groups in total. The fraction of sp³-hybridized carbons (Fsp3) is 0.733. The van der Waals surface area contributed by atoms with Crippen LogP contribution in [0.5, 0.6) is 0 Å². The summed E-state index contributed by atoms with van der Waals surface area (Å²) in [6, 6.07) is 0. The predicted octanol–water partition coefficient (Wildman–Crippen LogP) is 1.84. The first kappa shape index (κ1) is 11.5. The summed E-state index contributed by atoms with van der Waals surface area (Å²) in [6.45, 7) is 5.30. The summed E-state index contributed by atoms with van der Waals surface area (Å²) in [5.41, 5.74) is 0.0374. The highest BCUT2D eigenvalue weighted by molar-refractivity contribution is 5.87. The van der Waals surface area contributed by atoms with E-state index in [2.05, 4.69) is 6.58 Å². The molecule has 0 aromatic carbocycles. The smallest absolute Gasteiger partial charge is 0.333 e. The van der Waals surface area contributed by atoms with Crippen LogP contribution in [0.25, 0.3) is 0 Å². The Hall–Kier alpha value is -1.32. The molecule has 102 valence electrons. The fourth-order valence-corrected chi connectivity index (χ4v) is 4.64. The van der Waals surface area contributed by atoms with Gasteiger partial charge in [0, 0.05) is 17.4 Å². The number of carbonyl (C=O) groups excluding carboxylic acids is 2. The molecular weight excluding hydrogens is 244 g/mol. The maximum atomic E-state index is 12.0. The van der Waals surface area contributed by atoms with Gasteiger partial charge < -0.3 is 9.47 Å². The number of hydrogen-bond donors (Lipinski definition) is 0. The fourth-order valence-electron chi connectivity index (χ4n) is 4.64. The Morgan fingerprint density at radius 2 is 2.16 bits per heavy atom. The minimum Gasteiger partial charge on any atom is -0.462 e. The van der Waals surface area contributed by atoms with E-state index in [-0.39, 0.29) is 29.9 Å². The second-order valence-corrected chi connectivity index (χ2v) is 6.66. The Bertz CT molecular complexity index is 488. The van der Waals surface area contributed by atoms with Crippen LogP contribution in [0.1, 0.15) is 32.6 Å². The SMILES string of the molecule is C=C(C)C(=O)OC1(C2C3CC4OC(=O)C2C4C3)CC1. The van der Waals surface area contributed by atoms with Crippen molar-refractivity contribution in [3.05, 3.63) is 12.2 Å². The van der Waals surface area contributed by atoms with E-state index in [1.165, 1.54) is 0 Å². The zero-order valence-corrected chi connectivity index (χ0v) is 11.1. The standard InChI is InChI=1S/C15H18O4/c1-7(2)13(16)19-15(3-4-15)12-8-5-9-10(6-8)18-14(17)11(9)12/h8-12H,1,3-6H2,2H3. The first-order valence-electron chi connectivity index (χ1n) is 7.11. The van der Waals surface area contributed by atoms with Crippen molar-refractivity contribution in [1.82, 2.24) is 0 Å². The van der Waals surface area contributed by atoms with Gasteiger partial charge in [-0.1, -0.05) is 6.58 Å². The van der Waals surface area contributed by atoms with Gasteiger partial charge in [-0.25, -0.2) is 4.79 Å². The van der Waals surface area contributed by atoms with Crippen molar-refractivity contribution in [3.8, 4) is 0 Å². The van der Waals surface area contributed by atoms with Crippen LogP contribution in [0.4, 0.5) is 0 Å². The van der Waals surface area contributed by atoms with E-state index in [1.807, 2.05) is 0 Å². The lowest BCUT2D eigenvalue weighted by Gasteiger charge is -2.32. The Kier molecular flexibility index (Phi) is 2.06. The molecule has 4 rings (SSSR count). The second-order valence-electron chi connectivity index (χ2n) is 6.66. The van der Waals surface area contributed by atoms with Gasteiger partial charge in [0.1, 0.15) is 11.7 Å². The van der Waals surface area contributed by atoms with Crippen molar-refractivity contribution in [1.29, 1.82) is 0 Å². The Morgan fingerprint density at radius 3 is 2.79 bits per heavy atom. The maximum Gasteiger partial charge on any atom is 0.333 e. The zero-order valence-electron chi connectivity index (χ0n) is 11.1. The molecule has 4 fully saturated rings. The van der Waals surface area contributed by atoms with Crippen LogP contribution in [-0.4, -0.2) is 23.6 Å². The lowest BCUT2D eigenvalue weighted by Crippen LogP contribution is -2.39. The van der Waals surface area contributed by atoms with E-state index in [1.54, 1.807) is 6.92 Å². The van der Waals surface area contributed by atoms with Gasteiger partial charge in [-0.15, -0.1) is 0 Å². The first-order valence-corrected chi connectivity index (χ1v) is 7.11. The number of esters is 2. The Morgan fingerprint density at radius 1 is 1.42 bits per heavy atom. The van der Waals surface area contributed by atoms with Crippen molar-refractivity contribution in [2.24, 2.45) is 23.7 Å². The van der Waals surface area contributed by atoms with Crippen LogP contribution >= 0.6 is 0 Å². The minimum atomic E-state index is -0.394. The molecule has 0 amide bonds. The third kappa shape index (κ3) is 1.40. The molecule has 0 aromatic rings. The summed E-state index contributed by atoms with van der Waals surface area (Å²) in [5.74, 6) is 0.660. The molecule has 1 aliphatic heterocycles. The summed E-state index contributed by atoms with van der Waals surface area (Å²) in [4.78, 5) is 23.8. The molecule has 3 saturated carbocycles. The monoisotopic (exact) mass is 262 g/mol. The molecule has 0 aromatic heterocycles. The molecule has 1 saturated heterocycles. The van der Waals surface area contributed by atoms with Gasteiger partial charge in [-0.2, -0.15) is 0 Å². The molecule has 0 radical (unpaired) electrons. The molecule has 1 heterocycles. The van der Waals surface area contributed by atoms with Gasteiger partial charge in [0.25, 0.3) is 0 Å². The molecule has 5 atom stereocenters. The summed E-state index contributed by atoms with van der Waals surface area (Å²) in [7, 11) is 0. The number of carbonyl (C=O) groups is 2. The van der Waals surface area contributed by atoms with Crippen molar-refractivity contribution >= 4 is 11.9 Å². The Labute approximate surface area is 112 Å². The predicted molar refractivity (Wildman–Crippen MR) is 65.9 cm³/mol. The van der Waals surface area contributed by atoms with Crippen LogP contribution in [0.2, 0.25) is 0 Å². The highest BCUT2D eigenvalue weighted by Crippen LogP contribution is 2.66. The summed E-state index contributed by atoms with van der Waals surface area (Å²) < 4.78 is 11.1. The van der Waals surface area contributed by atoms with Crippen LogP contribution in [-0.2, 0) is 19.1 Å². The largest absolute Gasteiger partial charge is 0.462 e. The number of rotatable bonds is 3. The van der Waals surface area contributed by atoms with Crippen molar-refractivity contribution in [2.75, 3.05) is 0 Å². The zero-order chi connectivity index (χ0) is 13.4. The van der Waals surface area contributed by atoms with Gasteiger partial charge in [-0.3, -0.25) is 4.79 Å². The van der Waals surface area contributed by atoms with Crippen LogP contribution in [0.15, 0.2) is 12.2 Å². The number of hydrogen-bond acceptors (Lipinski definition) is 4. The van der Waals surface area contributed by atoms with E-state index in [4.69, 9.17) is 9.47 Å². The van der Waals surface area contributed by atoms with Gasteiger partial charge in [-0.05, 0) is 38.5 Å². The molecule has 4 aliphatic rings. The Balaban J connectivity index is 1.61. The molecule has 3 aliphatic carbocycles. The highest BCUT2D eigenvalue weighted by Gasteiger charge is 2.70. The molecule has 4 heteroatoms. The third-order valence-corrected chi connectivity index (χ3v) is 5.48. The first-order chi connectivity index (χ1) is 9.02. The lowest BCUT2D eigenvalue weighted by molar-refractivity contribution is -0.155. The number of ether oxygens (including phenoxy) is 2. The quantitative estimate of drug-likeness (QED) is 0.575. The maximum absolute atomic E-state index is 12.0. The van der Waals surface area contributed by atoms with E-state index in [0.29, 0.717) is 17.4 Å². The van der Waals surface area contributed by atoms with Gasteiger partial charge in [0.05, 0.1) is 5.92 Å². The topological polar surface area (TPSA) is 52.6 Å². The molecule has 19 heavy (non-hydrogen) atoms. The summed E-state index contributed by atoms with van der Waals surface area (Å²) in [6.07, 6.45) is 3.94. The van der Waals surface area contributed by atoms with E-state index < -0.39 is 5.60 Å². The highest BCUT2D eigenvalue weighted by atomic mass is 16.6. The van der Waals surface area contributed by atoms with E-state index in [9.17, 15) is 9.59 Å². The minimum absolute atomic E-state index is 0.0239. The summed E-state index contributed by atoms with van der Waals surface area (Å²) in [5, 5.41) is 0. The second kappa shape index (κ2) is 3.41. The van der Waals surface area contributed by atoms with Crippen LogP contribution in [0, 0.1) is 23.7 Å². The number of fused-ring (bicyclic) bond motifs is 1. The van der Waals surface area contributed by atoms with Crippen molar-refractivity contribution in [2.45, 2.75) is 44.3 Å². The van der Waals surface area contributed by atoms with Crippen molar-refractivity contribution < 1.29 is 19.1 Å². The molecular formula is C15H18O4. The summed E-state index contributed by atoms with van der Waals surface area (Å²) >= 11 is 0.